The molecule has 6 nitrogen and oxygen atoms in total. The first kappa shape index (κ1) is 22.2. The predicted octanol–water partition coefficient (Wildman–Crippen LogP) is 3.38. The Morgan fingerprint density at radius 3 is 2.62 bits per heavy atom. The summed E-state index contributed by atoms with van der Waals surface area (Å²) in [5, 5.41) is 6.39. The molecule has 1 aromatic carbocycles. The van der Waals surface area contributed by atoms with Crippen LogP contribution in [0.4, 0.5) is 0 Å². The Morgan fingerprint density at radius 1 is 1.14 bits per heavy atom. The molecule has 1 amide bonds. The largest absolute Gasteiger partial charge is 0.454 e. The zero-order chi connectivity index (χ0) is 18.2. The van der Waals surface area contributed by atoms with Gasteiger partial charge in [-0.2, -0.15) is 0 Å². The van der Waals surface area contributed by atoms with Crippen LogP contribution in [0, 0.1) is 11.8 Å². The van der Waals surface area contributed by atoms with E-state index in [4.69, 9.17) is 9.47 Å². The van der Waals surface area contributed by atoms with Gasteiger partial charge in [-0.3, -0.25) is 4.79 Å². The standard InChI is InChI=1S/C20H23N3O3S.2ClH/c24-19(23-5-3-14-9-21-10-15(14)4-6-23)8-16-11-27-20(22-16)13-1-2-17-18(7-13)26-12-25-17;;/h1-2,7,11,14-15,21H,3-6,8-10,12H2;2*1H/t14-,15+;;. The first-order valence-corrected chi connectivity index (χ1v) is 10.5. The molecular formula is C20H25Cl2N3O3S. The van der Waals surface area contributed by atoms with E-state index in [1.54, 1.807) is 11.3 Å². The van der Waals surface area contributed by atoms with E-state index in [1.807, 2.05) is 28.5 Å². The highest BCUT2D eigenvalue weighted by molar-refractivity contribution is 7.13. The Labute approximate surface area is 186 Å². The van der Waals surface area contributed by atoms with Gasteiger partial charge in [-0.25, -0.2) is 4.98 Å². The van der Waals surface area contributed by atoms with Crippen LogP contribution in [0.5, 0.6) is 11.5 Å². The number of aromatic nitrogens is 1. The lowest BCUT2D eigenvalue weighted by Gasteiger charge is -2.20. The smallest absolute Gasteiger partial charge is 0.231 e. The summed E-state index contributed by atoms with van der Waals surface area (Å²) in [6.45, 7) is 4.24. The fourth-order valence-electron chi connectivity index (χ4n) is 4.28. The lowest BCUT2D eigenvalue weighted by atomic mass is 9.92. The van der Waals surface area contributed by atoms with Crippen LogP contribution in [0.25, 0.3) is 10.6 Å². The van der Waals surface area contributed by atoms with Gasteiger partial charge in [0.05, 0.1) is 12.1 Å². The van der Waals surface area contributed by atoms with E-state index in [2.05, 4.69) is 10.3 Å². The SMILES string of the molecule is Cl.Cl.O=C(Cc1csc(-c2ccc3c(c2)OCO3)n1)N1CC[C@@H]2CNC[C@@H]2CC1. The molecule has 29 heavy (non-hydrogen) atoms. The summed E-state index contributed by atoms with van der Waals surface area (Å²) >= 11 is 1.57. The number of nitrogens with one attached hydrogen (secondary N) is 1. The van der Waals surface area contributed by atoms with E-state index >= 15 is 0 Å². The van der Waals surface area contributed by atoms with E-state index in [9.17, 15) is 4.79 Å². The van der Waals surface area contributed by atoms with Gasteiger partial charge >= 0.3 is 0 Å². The van der Waals surface area contributed by atoms with Crippen LogP contribution in [0.3, 0.4) is 0 Å². The summed E-state index contributed by atoms with van der Waals surface area (Å²) in [7, 11) is 0. The second-order valence-electron chi connectivity index (χ2n) is 7.53. The quantitative estimate of drug-likeness (QED) is 0.764. The first-order chi connectivity index (χ1) is 13.3. The molecule has 158 valence electrons. The number of nitrogens with zero attached hydrogens (tertiary/aromatic N) is 2. The number of benzene rings is 1. The first-order valence-electron chi connectivity index (χ1n) is 9.59. The molecule has 3 aliphatic heterocycles. The van der Waals surface area contributed by atoms with Gasteiger partial charge in [0.15, 0.2) is 11.5 Å². The molecule has 2 aromatic rings. The molecule has 5 rings (SSSR count). The molecule has 0 spiro atoms. The Kier molecular flexibility index (Phi) is 7.27. The second kappa shape index (κ2) is 9.51. The molecular weight excluding hydrogens is 433 g/mol. The van der Waals surface area contributed by atoms with Gasteiger partial charge in [0.2, 0.25) is 12.7 Å². The molecule has 0 aliphatic carbocycles. The van der Waals surface area contributed by atoms with Crippen molar-refractivity contribution in [1.82, 2.24) is 15.2 Å². The van der Waals surface area contributed by atoms with Crippen molar-refractivity contribution in [3.05, 3.63) is 29.3 Å². The van der Waals surface area contributed by atoms with Gasteiger partial charge in [-0.1, -0.05) is 0 Å². The van der Waals surface area contributed by atoms with E-state index in [0.29, 0.717) is 6.42 Å². The van der Waals surface area contributed by atoms with Crippen molar-refractivity contribution in [1.29, 1.82) is 0 Å². The minimum absolute atomic E-state index is 0. The third-order valence-electron chi connectivity index (χ3n) is 5.88. The number of carbonyl (C=O) groups excluding carboxylic acids is 1. The zero-order valence-corrected chi connectivity index (χ0v) is 18.4. The summed E-state index contributed by atoms with van der Waals surface area (Å²) in [5.74, 6) is 3.20. The van der Waals surface area contributed by atoms with Crippen molar-refractivity contribution in [3.63, 3.8) is 0 Å². The number of likely N-dealkylation sites (tertiary alicyclic amines) is 1. The maximum Gasteiger partial charge on any atom is 0.231 e. The number of thiazole rings is 1. The lowest BCUT2D eigenvalue weighted by molar-refractivity contribution is -0.130. The van der Waals surface area contributed by atoms with Gasteiger partial charge < -0.3 is 19.7 Å². The molecule has 1 aromatic heterocycles. The summed E-state index contributed by atoms with van der Waals surface area (Å²) in [6.07, 6.45) is 2.61. The summed E-state index contributed by atoms with van der Waals surface area (Å²) < 4.78 is 10.8. The number of carbonyl (C=O) groups is 1. The van der Waals surface area contributed by atoms with Crippen LogP contribution < -0.4 is 14.8 Å². The van der Waals surface area contributed by atoms with Crippen molar-refractivity contribution in [2.75, 3.05) is 33.0 Å². The van der Waals surface area contributed by atoms with E-state index < -0.39 is 0 Å². The molecule has 0 saturated carbocycles. The molecule has 0 bridgehead atoms. The lowest BCUT2D eigenvalue weighted by Crippen LogP contribution is -2.34. The van der Waals surface area contributed by atoms with Gasteiger partial charge in [-0.05, 0) is 56.0 Å². The molecule has 0 radical (unpaired) electrons. The normalized spacial score (nSPS) is 22.3. The van der Waals surface area contributed by atoms with Crippen LogP contribution in [0.2, 0.25) is 0 Å². The molecule has 2 fully saturated rings. The van der Waals surface area contributed by atoms with Gasteiger partial charge in [0.25, 0.3) is 0 Å². The summed E-state index contributed by atoms with van der Waals surface area (Å²) in [5.41, 5.74) is 1.85. The van der Waals surface area contributed by atoms with Crippen LogP contribution in [0.1, 0.15) is 18.5 Å². The topological polar surface area (TPSA) is 63.7 Å². The van der Waals surface area contributed by atoms with Crippen LogP contribution >= 0.6 is 36.2 Å². The number of amides is 1. The van der Waals surface area contributed by atoms with Crippen LogP contribution in [-0.4, -0.2) is 48.8 Å². The van der Waals surface area contributed by atoms with E-state index in [1.165, 1.54) is 0 Å². The summed E-state index contributed by atoms with van der Waals surface area (Å²) in [4.78, 5) is 19.5. The number of hydrogen-bond acceptors (Lipinski definition) is 6. The van der Waals surface area contributed by atoms with Gasteiger partial charge in [0, 0.05) is 24.0 Å². The molecule has 0 unspecified atom stereocenters. The minimum atomic E-state index is 0. The van der Waals surface area contributed by atoms with Gasteiger partial charge in [-0.15, -0.1) is 36.2 Å². The summed E-state index contributed by atoms with van der Waals surface area (Å²) in [6, 6.07) is 5.85. The highest BCUT2D eigenvalue weighted by Crippen LogP contribution is 2.36. The number of fused-ring (bicyclic) bond motifs is 2. The van der Waals surface area contributed by atoms with Crippen LogP contribution in [0.15, 0.2) is 23.6 Å². The van der Waals surface area contributed by atoms with E-state index in [-0.39, 0.29) is 37.5 Å². The molecule has 4 heterocycles. The number of hydrogen-bond donors (Lipinski definition) is 1. The molecule has 2 atom stereocenters. The van der Waals surface area contributed by atoms with Crippen molar-refractivity contribution in [3.8, 4) is 22.1 Å². The average Bonchev–Trinajstić information content (AvgIpc) is 3.40. The Hall–Kier alpha value is -1.54. The molecule has 1 N–H and O–H groups in total. The van der Waals surface area contributed by atoms with Crippen molar-refractivity contribution < 1.29 is 14.3 Å². The average molecular weight is 458 g/mol. The molecule has 2 saturated heterocycles. The Balaban J connectivity index is 0.00000120. The number of rotatable bonds is 3. The van der Waals surface area contributed by atoms with E-state index in [0.717, 1.165) is 78.6 Å². The highest BCUT2D eigenvalue weighted by atomic mass is 35.5. The Morgan fingerprint density at radius 2 is 1.86 bits per heavy atom. The third-order valence-corrected chi connectivity index (χ3v) is 6.82. The predicted molar refractivity (Wildman–Crippen MR) is 118 cm³/mol. The maximum absolute atomic E-state index is 12.8. The van der Waals surface area contributed by atoms with Crippen molar-refractivity contribution in [2.24, 2.45) is 11.8 Å². The molecule has 3 aliphatic rings. The fourth-order valence-corrected chi connectivity index (χ4v) is 5.10. The zero-order valence-electron chi connectivity index (χ0n) is 16.0. The highest BCUT2D eigenvalue weighted by Gasteiger charge is 2.31. The van der Waals surface area contributed by atoms with Crippen molar-refractivity contribution >= 4 is 42.1 Å². The van der Waals surface area contributed by atoms with Crippen LogP contribution in [-0.2, 0) is 11.2 Å². The Bertz CT molecular complexity index is 849. The monoisotopic (exact) mass is 457 g/mol. The maximum atomic E-state index is 12.8. The fraction of sp³-hybridized carbons (Fsp3) is 0.500. The number of ether oxygens (including phenoxy) is 2. The van der Waals surface area contributed by atoms with Crippen molar-refractivity contribution in [2.45, 2.75) is 19.3 Å². The number of halogens is 2. The third kappa shape index (κ3) is 4.63. The molecule has 9 heteroatoms. The minimum Gasteiger partial charge on any atom is -0.454 e. The van der Waals surface area contributed by atoms with Gasteiger partial charge in [0.1, 0.15) is 5.01 Å². The second-order valence-corrected chi connectivity index (χ2v) is 8.38.